The summed E-state index contributed by atoms with van der Waals surface area (Å²) in [6, 6.07) is 11.9. The molecule has 13 heteroatoms. The number of ether oxygens (including phenoxy) is 1. The molecule has 2 aliphatic rings. The van der Waals surface area contributed by atoms with E-state index in [-0.39, 0.29) is 22.0 Å². The molecule has 3 N–H and O–H groups in total. The second-order valence-electron chi connectivity index (χ2n) is 10.3. The lowest BCUT2D eigenvalue weighted by molar-refractivity contribution is -0.120. The highest BCUT2D eigenvalue weighted by Crippen LogP contribution is 2.41. The van der Waals surface area contributed by atoms with Gasteiger partial charge in [-0.25, -0.2) is 10.1 Å². The Kier molecular flexibility index (Phi) is 7.40. The molecule has 0 saturated carbocycles. The minimum absolute atomic E-state index is 0.0959. The topological polar surface area (TPSA) is 142 Å². The van der Waals surface area contributed by atoms with Crippen molar-refractivity contribution < 1.29 is 14.3 Å². The van der Waals surface area contributed by atoms with Gasteiger partial charge in [0.2, 0.25) is 11.8 Å². The van der Waals surface area contributed by atoms with Gasteiger partial charge in [-0.15, -0.1) is 0 Å². The van der Waals surface area contributed by atoms with Gasteiger partial charge in [0.1, 0.15) is 11.3 Å². The number of anilines is 1. The third-order valence-corrected chi connectivity index (χ3v) is 8.26. The number of halogens is 2. The van der Waals surface area contributed by atoms with Crippen LogP contribution >= 0.6 is 23.2 Å². The van der Waals surface area contributed by atoms with Gasteiger partial charge < -0.3 is 15.4 Å². The average molecular weight is 606 g/mol. The number of carbonyl (C=O) groups excluding carboxylic acids is 2. The summed E-state index contributed by atoms with van der Waals surface area (Å²) < 4.78 is 5.58. The van der Waals surface area contributed by atoms with Gasteiger partial charge in [0.25, 0.3) is 11.5 Å². The maximum atomic E-state index is 12.7. The third kappa shape index (κ3) is 5.22. The highest BCUT2D eigenvalue weighted by molar-refractivity contribution is 6.39. The van der Waals surface area contributed by atoms with Crippen LogP contribution in [0, 0.1) is 0 Å². The Bertz CT molecular complexity index is 1770. The molecule has 2 fully saturated rings. The van der Waals surface area contributed by atoms with E-state index in [1.165, 1.54) is 12.3 Å². The van der Waals surface area contributed by atoms with Gasteiger partial charge in [-0.1, -0.05) is 53.5 Å². The number of amides is 2. The van der Waals surface area contributed by atoms with E-state index in [9.17, 15) is 14.4 Å². The first-order valence-corrected chi connectivity index (χ1v) is 13.9. The molecule has 11 nitrogen and oxygen atoms in total. The van der Waals surface area contributed by atoms with Crippen LogP contribution in [0.2, 0.25) is 10.0 Å². The summed E-state index contributed by atoms with van der Waals surface area (Å²) in [5.74, 6) is -0.129. The molecule has 2 aliphatic heterocycles. The van der Waals surface area contributed by atoms with Crippen LogP contribution in [0.25, 0.3) is 22.4 Å². The fourth-order valence-electron chi connectivity index (χ4n) is 5.43. The molecule has 214 valence electrons. The third-order valence-electron chi connectivity index (χ3n) is 7.45. The minimum atomic E-state index is -0.624. The van der Waals surface area contributed by atoms with Crippen LogP contribution in [-0.2, 0) is 11.3 Å². The van der Waals surface area contributed by atoms with E-state index in [0.29, 0.717) is 57.6 Å². The van der Waals surface area contributed by atoms with Crippen LogP contribution in [0.3, 0.4) is 0 Å². The number of aromatic nitrogens is 4. The molecule has 4 heterocycles. The quantitative estimate of drug-likeness (QED) is 0.288. The Morgan fingerprint density at radius 1 is 1.07 bits per heavy atom. The highest BCUT2D eigenvalue weighted by atomic mass is 35.5. The summed E-state index contributed by atoms with van der Waals surface area (Å²) in [6.07, 6.45) is 4.40. The van der Waals surface area contributed by atoms with Gasteiger partial charge in [0, 0.05) is 48.9 Å². The van der Waals surface area contributed by atoms with Gasteiger partial charge in [0.05, 0.1) is 40.3 Å². The molecule has 42 heavy (non-hydrogen) atoms. The highest BCUT2D eigenvalue weighted by Gasteiger charge is 2.47. The van der Waals surface area contributed by atoms with E-state index in [0.717, 1.165) is 19.5 Å². The van der Waals surface area contributed by atoms with Crippen LogP contribution in [0.15, 0.2) is 59.7 Å². The molecule has 2 saturated heterocycles. The molecule has 4 aromatic rings. The molecule has 2 aromatic heterocycles. The van der Waals surface area contributed by atoms with E-state index in [4.69, 9.17) is 32.9 Å². The van der Waals surface area contributed by atoms with Crippen molar-refractivity contribution in [2.24, 2.45) is 0 Å². The lowest BCUT2D eigenvalue weighted by Gasteiger charge is -2.47. The van der Waals surface area contributed by atoms with E-state index in [2.05, 4.69) is 30.7 Å². The Morgan fingerprint density at radius 2 is 1.81 bits per heavy atom. The first-order valence-electron chi connectivity index (χ1n) is 13.1. The number of carbonyl (C=O) groups is 2. The maximum absolute atomic E-state index is 12.7. The Labute approximate surface area is 250 Å². The zero-order valence-electron chi connectivity index (χ0n) is 22.4. The van der Waals surface area contributed by atoms with Crippen molar-refractivity contribution in [3.05, 3.63) is 86.5 Å². The van der Waals surface area contributed by atoms with Gasteiger partial charge in [-0.2, -0.15) is 5.10 Å². The summed E-state index contributed by atoms with van der Waals surface area (Å²) in [6.45, 7) is 2.07. The largest absolute Gasteiger partial charge is 0.480 e. The summed E-state index contributed by atoms with van der Waals surface area (Å²) in [4.78, 5) is 47.9. The molecule has 0 bridgehead atoms. The van der Waals surface area contributed by atoms with Crippen molar-refractivity contribution in [3.8, 4) is 28.3 Å². The zero-order chi connectivity index (χ0) is 29.4. The SMILES string of the molecule is COc1nc(-c2cccc(-c3cccc(NC(=O)c4ccn[nH]c4=O)c3Cl)c2Cl)cnc1CN1CC2(CCC(=O)N2)C1. The van der Waals surface area contributed by atoms with Crippen LogP contribution in [0.1, 0.15) is 28.9 Å². The number of hydrogen-bond donors (Lipinski definition) is 3. The number of H-pyrrole nitrogens is 1. The predicted octanol–water partition coefficient (Wildman–Crippen LogP) is 3.93. The van der Waals surface area contributed by atoms with Crippen molar-refractivity contribution in [2.75, 3.05) is 25.5 Å². The number of nitrogens with one attached hydrogen (secondary N) is 3. The van der Waals surface area contributed by atoms with Gasteiger partial charge in [-0.3, -0.25) is 24.3 Å². The molecule has 6 rings (SSSR count). The van der Waals surface area contributed by atoms with Crippen molar-refractivity contribution in [1.29, 1.82) is 0 Å². The summed E-state index contributed by atoms with van der Waals surface area (Å²) in [5.41, 5.74) is 2.50. The minimum Gasteiger partial charge on any atom is -0.480 e. The molecule has 0 radical (unpaired) electrons. The van der Waals surface area contributed by atoms with E-state index in [1.54, 1.807) is 31.5 Å². The van der Waals surface area contributed by atoms with Crippen molar-refractivity contribution in [2.45, 2.75) is 24.9 Å². The number of nitrogens with zero attached hydrogens (tertiary/aromatic N) is 4. The molecule has 2 amide bonds. The number of likely N-dealkylation sites (tertiary alicyclic amines) is 1. The van der Waals surface area contributed by atoms with E-state index in [1.807, 2.05) is 18.2 Å². The second-order valence-corrected chi connectivity index (χ2v) is 11.0. The zero-order valence-corrected chi connectivity index (χ0v) is 23.9. The van der Waals surface area contributed by atoms with Crippen molar-refractivity contribution in [1.82, 2.24) is 30.4 Å². The van der Waals surface area contributed by atoms with Gasteiger partial charge in [-0.05, 0) is 18.6 Å². The van der Waals surface area contributed by atoms with Crippen LogP contribution in [-0.4, -0.2) is 62.6 Å². The number of hydrogen-bond acceptors (Lipinski definition) is 8. The molecule has 0 atom stereocenters. The fraction of sp³-hybridized carbons (Fsp3) is 0.241. The smallest absolute Gasteiger partial charge is 0.277 e. The summed E-state index contributed by atoms with van der Waals surface area (Å²) >= 11 is 13.6. The average Bonchev–Trinajstić information content (AvgIpc) is 3.36. The number of aromatic amines is 1. The predicted molar refractivity (Wildman–Crippen MR) is 158 cm³/mol. The molecular weight excluding hydrogens is 581 g/mol. The number of rotatable bonds is 7. The first-order chi connectivity index (χ1) is 20.3. The van der Waals surface area contributed by atoms with Gasteiger partial charge >= 0.3 is 0 Å². The Balaban J connectivity index is 1.25. The molecule has 1 spiro atoms. The standard InChI is InChI=1S/C29H25Cl2N7O4/c1-42-28-22(13-38-14-29(15-38)10-8-23(39)36-29)32-12-21(35-28)18-6-2-4-16(24(18)30)17-5-3-7-20(25(17)31)34-26(40)19-9-11-33-37-27(19)41/h2-7,9,11-12H,8,10,13-15H2,1H3,(H,34,40)(H,36,39)(H,37,41). The summed E-state index contributed by atoms with van der Waals surface area (Å²) in [7, 11) is 1.55. The molecule has 2 aromatic carbocycles. The monoisotopic (exact) mass is 605 g/mol. The fourth-order valence-corrected chi connectivity index (χ4v) is 6.03. The molecule has 0 unspecified atom stereocenters. The number of benzene rings is 2. The Morgan fingerprint density at radius 3 is 2.52 bits per heavy atom. The summed E-state index contributed by atoms with van der Waals surface area (Å²) in [5, 5.41) is 12.2. The van der Waals surface area contributed by atoms with E-state index >= 15 is 0 Å². The maximum Gasteiger partial charge on any atom is 0.277 e. The lowest BCUT2D eigenvalue weighted by Crippen LogP contribution is -2.66. The van der Waals surface area contributed by atoms with Crippen LogP contribution in [0.4, 0.5) is 5.69 Å². The van der Waals surface area contributed by atoms with Gasteiger partial charge in [0.15, 0.2) is 0 Å². The van der Waals surface area contributed by atoms with Crippen LogP contribution < -0.4 is 20.9 Å². The number of methoxy groups -OCH3 is 1. The van der Waals surface area contributed by atoms with Crippen molar-refractivity contribution in [3.63, 3.8) is 0 Å². The van der Waals surface area contributed by atoms with Crippen LogP contribution in [0.5, 0.6) is 5.88 Å². The first kappa shape index (κ1) is 27.8. The molecular formula is C29H25Cl2N7O4. The Hall–Kier alpha value is -4.32. The molecule has 0 aliphatic carbocycles. The normalized spacial score (nSPS) is 15.7. The second kappa shape index (κ2) is 11.2. The van der Waals surface area contributed by atoms with E-state index < -0.39 is 11.5 Å². The lowest BCUT2D eigenvalue weighted by atomic mass is 9.88. The van der Waals surface area contributed by atoms with Crippen molar-refractivity contribution >= 4 is 40.7 Å².